The molecule has 1 heterocycles. The number of carbonyl (C=O) groups excluding carboxylic acids is 3. The fraction of sp³-hybridized carbons (Fsp3) is 0.250. The van der Waals surface area contributed by atoms with E-state index in [1.165, 1.54) is 0 Å². The molecule has 0 unspecified atom stereocenters. The average molecular weight is 263 g/mol. The van der Waals surface area contributed by atoms with E-state index in [0.717, 1.165) is 4.90 Å². The second-order valence-corrected chi connectivity index (χ2v) is 4.03. The van der Waals surface area contributed by atoms with Crippen molar-refractivity contribution in [2.45, 2.75) is 12.8 Å². The van der Waals surface area contributed by atoms with Crippen LogP contribution in [0.2, 0.25) is 0 Å². The number of nitrogens with zero attached hydrogens (tertiary/aromatic N) is 1. The van der Waals surface area contributed by atoms with Crippen LogP contribution < -0.4 is 11.4 Å². The number of rotatable bonds is 4. The van der Waals surface area contributed by atoms with E-state index in [9.17, 15) is 14.4 Å². The van der Waals surface area contributed by atoms with Gasteiger partial charge in [-0.2, -0.15) is 0 Å². The van der Waals surface area contributed by atoms with Gasteiger partial charge in [0, 0.05) is 12.1 Å². The van der Waals surface area contributed by atoms with Crippen LogP contribution in [0.3, 0.4) is 0 Å². The number of nitrogens with one attached hydrogen (secondary N) is 1. The number of carbonyl (C=O) groups is 3. The summed E-state index contributed by atoms with van der Waals surface area (Å²) in [6, 6.07) is 6.92. The highest BCUT2D eigenvalue weighted by molar-refractivity contribution is 6.09. The Labute approximate surface area is 109 Å². The summed E-state index contributed by atoms with van der Waals surface area (Å²) >= 11 is 0. The zero-order chi connectivity index (χ0) is 13.8. The molecule has 0 fully saturated rings. The van der Waals surface area contributed by atoms with Crippen LogP contribution in [0.4, 0.5) is 0 Å². The van der Waals surface area contributed by atoms with Crippen LogP contribution in [0.5, 0.6) is 0 Å². The van der Waals surface area contributed by atoms with Crippen molar-refractivity contribution in [3.63, 3.8) is 0 Å². The van der Waals surface area contributed by atoms with Gasteiger partial charge in [0.15, 0.2) is 0 Å². The van der Waals surface area contributed by atoms with Crippen LogP contribution in [-0.4, -0.2) is 29.2 Å². The molecule has 0 atom stereocenters. The lowest BCUT2D eigenvalue weighted by molar-refractivity contribution is -0.151. The quantitative estimate of drug-likeness (QED) is 0.432. The second-order valence-electron chi connectivity index (χ2n) is 4.03. The number of hydrazine groups is 1. The van der Waals surface area contributed by atoms with Crippen molar-refractivity contribution in [3.05, 3.63) is 35.4 Å². The zero-order valence-corrected chi connectivity index (χ0v) is 10.1. The standard InChI is InChI=1S/C12H13N3O4/c13-14-19-11(17)5-6-15-10(16)7-8-3-1-2-4-9(8)12(15)18/h1-4,14H,5-7,13H2. The third-order valence-corrected chi connectivity index (χ3v) is 2.85. The van der Waals surface area contributed by atoms with Crippen LogP contribution in [0.1, 0.15) is 22.3 Å². The zero-order valence-electron chi connectivity index (χ0n) is 10.1. The number of hydrogen-bond donors (Lipinski definition) is 2. The fourth-order valence-electron chi connectivity index (χ4n) is 1.95. The molecule has 19 heavy (non-hydrogen) atoms. The molecule has 7 nitrogen and oxygen atoms in total. The van der Waals surface area contributed by atoms with E-state index in [-0.39, 0.29) is 31.2 Å². The topological polar surface area (TPSA) is 102 Å². The molecule has 0 saturated heterocycles. The number of amides is 2. The Balaban J connectivity index is 2.09. The molecule has 0 spiro atoms. The number of nitrogens with two attached hydrogens (primary N) is 1. The third-order valence-electron chi connectivity index (χ3n) is 2.85. The van der Waals surface area contributed by atoms with Crippen LogP contribution in [-0.2, 0) is 20.8 Å². The van der Waals surface area contributed by atoms with Crippen LogP contribution >= 0.6 is 0 Å². The molecule has 7 heteroatoms. The Morgan fingerprint density at radius 2 is 2.11 bits per heavy atom. The minimum Gasteiger partial charge on any atom is -0.356 e. The Kier molecular flexibility index (Phi) is 3.88. The minimum absolute atomic E-state index is 0.0213. The lowest BCUT2D eigenvalue weighted by atomic mass is 9.98. The molecule has 2 rings (SSSR count). The molecule has 0 bridgehead atoms. The van der Waals surface area contributed by atoms with Gasteiger partial charge in [-0.3, -0.25) is 19.3 Å². The summed E-state index contributed by atoms with van der Waals surface area (Å²) in [6.07, 6.45) is 0.0515. The number of benzene rings is 1. The van der Waals surface area contributed by atoms with Gasteiger partial charge in [-0.15, -0.1) is 0 Å². The van der Waals surface area contributed by atoms with E-state index in [1.807, 2.05) is 0 Å². The van der Waals surface area contributed by atoms with E-state index in [0.29, 0.717) is 11.1 Å². The molecular weight excluding hydrogens is 250 g/mol. The molecule has 1 aromatic rings. The lowest BCUT2D eigenvalue weighted by Gasteiger charge is -2.26. The molecule has 100 valence electrons. The summed E-state index contributed by atoms with van der Waals surface area (Å²) in [7, 11) is 0. The van der Waals surface area contributed by atoms with Gasteiger partial charge in [-0.05, 0) is 11.6 Å². The maximum atomic E-state index is 12.1. The highest BCUT2D eigenvalue weighted by Gasteiger charge is 2.30. The normalized spacial score (nSPS) is 14.3. The molecular formula is C12H13N3O4. The number of fused-ring (bicyclic) bond motifs is 1. The molecule has 1 aromatic carbocycles. The van der Waals surface area contributed by atoms with Crippen molar-refractivity contribution in [3.8, 4) is 0 Å². The second kappa shape index (κ2) is 5.59. The van der Waals surface area contributed by atoms with Crippen LogP contribution in [0.15, 0.2) is 24.3 Å². The number of hydrogen-bond acceptors (Lipinski definition) is 6. The smallest absolute Gasteiger partial charge is 0.328 e. The van der Waals surface area contributed by atoms with Gasteiger partial charge in [0.2, 0.25) is 5.91 Å². The molecule has 1 aliphatic heterocycles. The van der Waals surface area contributed by atoms with E-state index in [2.05, 4.69) is 4.84 Å². The van der Waals surface area contributed by atoms with E-state index < -0.39 is 5.97 Å². The van der Waals surface area contributed by atoms with Gasteiger partial charge < -0.3 is 4.84 Å². The first kappa shape index (κ1) is 13.2. The minimum atomic E-state index is -0.637. The molecule has 0 aliphatic carbocycles. The molecule has 2 amide bonds. The first-order chi connectivity index (χ1) is 9.13. The van der Waals surface area contributed by atoms with Crippen LogP contribution in [0.25, 0.3) is 0 Å². The maximum absolute atomic E-state index is 12.1. The van der Waals surface area contributed by atoms with Crippen LogP contribution in [0, 0.1) is 0 Å². The highest BCUT2D eigenvalue weighted by atomic mass is 16.7. The van der Waals surface area contributed by atoms with E-state index in [1.54, 1.807) is 29.9 Å². The predicted molar refractivity (Wildman–Crippen MR) is 64.2 cm³/mol. The Bertz CT molecular complexity index is 529. The molecule has 3 N–H and O–H groups in total. The maximum Gasteiger partial charge on any atom is 0.328 e. The number of imide groups is 1. The molecule has 0 saturated carbocycles. The van der Waals surface area contributed by atoms with Crippen molar-refractivity contribution in [1.29, 1.82) is 0 Å². The Morgan fingerprint density at radius 3 is 2.84 bits per heavy atom. The fourth-order valence-corrected chi connectivity index (χ4v) is 1.95. The van der Waals surface area contributed by atoms with Crippen molar-refractivity contribution in [2.75, 3.05) is 6.54 Å². The first-order valence-corrected chi connectivity index (χ1v) is 5.71. The van der Waals surface area contributed by atoms with Crippen molar-refractivity contribution in [2.24, 2.45) is 5.84 Å². The van der Waals surface area contributed by atoms with Gasteiger partial charge in [0.25, 0.3) is 5.91 Å². The Morgan fingerprint density at radius 1 is 1.37 bits per heavy atom. The Hall–Kier alpha value is -2.25. The largest absolute Gasteiger partial charge is 0.356 e. The predicted octanol–water partition coefficient (Wildman–Crippen LogP) is -0.477. The average Bonchev–Trinajstić information content (AvgIpc) is 2.39. The first-order valence-electron chi connectivity index (χ1n) is 5.71. The lowest BCUT2D eigenvalue weighted by Crippen LogP contribution is -2.43. The monoisotopic (exact) mass is 263 g/mol. The van der Waals surface area contributed by atoms with Crippen molar-refractivity contribution >= 4 is 17.8 Å². The van der Waals surface area contributed by atoms with E-state index in [4.69, 9.17) is 5.84 Å². The summed E-state index contributed by atoms with van der Waals surface area (Å²) in [5.74, 6) is 3.47. The van der Waals surface area contributed by atoms with Gasteiger partial charge >= 0.3 is 5.97 Å². The molecule has 0 aromatic heterocycles. The van der Waals surface area contributed by atoms with Crippen molar-refractivity contribution in [1.82, 2.24) is 10.5 Å². The van der Waals surface area contributed by atoms with Gasteiger partial charge in [0.1, 0.15) is 0 Å². The summed E-state index contributed by atoms with van der Waals surface area (Å²) in [5, 5.41) is 0. The third kappa shape index (κ3) is 2.78. The summed E-state index contributed by atoms with van der Waals surface area (Å²) in [5.41, 5.74) is 2.96. The van der Waals surface area contributed by atoms with Gasteiger partial charge in [-0.1, -0.05) is 23.8 Å². The highest BCUT2D eigenvalue weighted by Crippen LogP contribution is 2.19. The molecule has 0 radical (unpaired) electrons. The van der Waals surface area contributed by atoms with Gasteiger partial charge in [-0.25, -0.2) is 5.84 Å². The van der Waals surface area contributed by atoms with Gasteiger partial charge in [0.05, 0.1) is 12.8 Å². The summed E-state index contributed by atoms with van der Waals surface area (Å²) in [6.45, 7) is -0.0213. The van der Waals surface area contributed by atoms with E-state index >= 15 is 0 Å². The SMILES string of the molecule is NNOC(=O)CCN1C(=O)Cc2ccccc2C1=O. The summed E-state index contributed by atoms with van der Waals surface area (Å²) in [4.78, 5) is 40.5. The molecule has 1 aliphatic rings. The summed E-state index contributed by atoms with van der Waals surface area (Å²) < 4.78 is 0. The van der Waals surface area contributed by atoms with Crippen molar-refractivity contribution < 1.29 is 19.2 Å².